The highest BCUT2D eigenvalue weighted by Gasteiger charge is 2.15. The van der Waals surface area contributed by atoms with Crippen molar-refractivity contribution in [1.29, 1.82) is 0 Å². The Labute approximate surface area is 119 Å². The van der Waals surface area contributed by atoms with Gasteiger partial charge in [0.25, 0.3) is 0 Å². The molecule has 0 aliphatic heterocycles. The van der Waals surface area contributed by atoms with Gasteiger partial charge in [0, 0.05) is 5.56 Å². The van der Waals surface area contributed by atoms with Gasteiger partial charge >= 0.3 is 5.97 Å². The fourth-order valence-corrected chi connectivity index (χ4v) is 1.64. The third-order valence-electron chi connectivity index (χ3n) is 2.76. The van der Waals surface area contributed by atoms with Crippen LogP contribution >= 0.6 is 0 Å². The van der Waals surface area contributed by atoms with Gasteiger partial charge < -0.3 is 20.1 Å². The Kier molecular flexibility index (Phi) is 4.08. The van der Waals surface area contributed by atoms with Crippen molar-refractivity contribution in [3.8, 4) is 17.2 Å². The van der Waals surface area contributed by atoms with Crippen LogP contribution in [0.15, 0.2) is 42.5 Å². The molecule has 0 saturated heterocycles. The number of ketones is 1. The maximum absolute atomic E-state index is 11.8. The molecule has 6 nitrogen and oxygen atoms in total. The Hall–Kier alpha value is -3.02. The molecule has 0 radical (unpaired) electrons. The zero-order chi connectivity index (χ0) is 15.4. The highest BCUT2D eigenvalue weighted by atomic mass is 16.5. The molecule has 6 heteroatoms. The molecule has 0 fully saturated rings. The van der Waals surface area contributed by atoms with E-state index in [4.69, 9.17) is 9.84 Å². The summed E-state index contributed by atoms with van der Waals surface area (Å²) in [6.45, 7) is -0.544. The lowest BCUT2D eigenvalue weighted by Crippen LogP contribution is -2.14. The van der Waals surface area contributed by atoms with Crippen molar-refractivity contribution >= 4 is 11.8 Å². The lowest BCUT2D eigenvalue weighted by atomic mass is 10.1. The third-order valence-corrected chi connectivity index (χ3v) is 2.76. The maximum atomic E-state index is 11.8. The molecule has 0 spiro atoms. The second-order valence-electron chi connectivity index (χ2n) is 4.22. The highest BCUT2D eigenvalue weighted by Crippen LogP contribution is 2.25. The van der Waals surface area contributed by atoms with Crippen LogP contribution in [-0.2, 0) is 4.74 Å². The Morgan fingerprint density at radius 1 is 0.905 bits per heavy atom. The molecule has 3 N–H and O–H groups in total. The second kappa shape index (κ2) is 5.96. The molecular weight excluding hydrogens is 276 g/mol. The number of hydrogen-bond donors (Lipinski definition) is 3. The Morgan fingerprint density at radius 2 is 1.62 bits per heavy atom. The average molecular weight is 288 g/mol. The van der Waals surface area contributed by atoms with Crippen LogP contribution in [0.1, 0.15) is 20.7 Å². The molecule has 0 atom stereocenters. The predicted octanol–water partition coefficient (Wildman–Crippen LogP) is 1.84. The van der Waals surface area contributed by atoms with Gasteiger partial charge in [-0.3, -0.25) is 4.79 Å². The zero-order valence-corrected chi connectivity index (χ0v) is 10.8. The van der Waals surface area contributed by atoms with Crippen LogP contribution in [0.2, 0.25) is 0 Å². The van der Waals surface area contributed by atoms with Crippen LogP contribution in [0.3, 0.4) is 0 Å². The normalized spacial score (nSPS) is 10.1. The van der Waals surface area contributed by atoms with Gasteiger partial charge in [-0.15, -0.1) is 0 Å². The first-order valence-corrected chi connectivity index (χ1v) is 5.99. The number of hydrogen-bond acceptors (Lipinski definition) is 6. The smallest absolute Gasteiger partial charge is 0.342 e. The summed E-state index contributed by atoms with van der Waals surface area (Å²) in [6, 6.07) is 9.34. The van der Waals surface area contributed by atoms with Gasteiger partial charge in [-0.25, -0.2) is 4.79 Å². The minimum absolute atomic E-state index is 0.0427. The van der Waals surface area contributed by atoms with Gasteiger partial charge in [0.05, 0.1) is 0 Å². The second-order valence-corrected chi connectivity index (χ2v) is 4.22. The first-order chi connectivity index (χ1) is 9.99. The number of Topliss-reactive ketones (excluding diaryl/α,β-unsaturated/α-hetero) is 1. The van der Waals surface area contributed by atoms with E-state index >= 15 is 0 Å². The molecule has 0 unspecified atom stereocenters. The molecule has 2 aromatic carbocycles. The molecule has 21 heavy (non-hydrogen) atoms. The summed E-state index contributed by atoms with van der Waals surface area (Å²) in [4.78, 5) is 23.5. The number of phenolic OH excluding ortho intramolecular Hbond substituents is 3. The molecule has 0 saturated carbocycles. The van der Waals surface area contributed by atoms with E-state index in [0.29, 0.717) is 0 Å². The van der Waals surface area contributed by atoms with E-state index in [-0.39, 0.29) is 22.6 Å². The number of esters is 1. The molecule has 2 aromatic rings. The van der Waals surface area contributed by atoms with Gasteiger partial charge in [0.2, 0.25) is 0 Å². The van der Waals surface area contributed by atoms with E-state index in [0.717, 1.165) is 12.1 Å². The van der Waals surface area contributed by atoms with Crippen LogP contribution in [0.4, 0.5) is 0 Å². The van der Waals surface area contributed by atoms with E-state index in [1.807, 2.05) is 0 Å². The topological polar surface area (TPSA) is 104 Å². The number of phenols is 3. The van der Waals surface area contributed by atoms with Crippen molar-refractivity contribution in [3.63, 3.8) is 0 Å². The lowest BCUT2D eigenvalue weighted by molar-refractivity contribution is 0.0471. The summed E-state index contributed by atoms with van der Waals surface area (Å²) >= 11 is 0. The number of rotatable bonds is 4. The van der Waals surface area contributed by atoms with E-state index in [9.17, 15) is 19.8 Å². The summed E-state index contributed by atoms with van der Waals surface area (Å²) < 4.78 is 4.80. The zero-order valence-electron chi connectivity index (χ0n) is 10.8. The van der Waals surface area contributed by atoms with Crippen LogP contribution in [0.5, 0.6) is 17.2 Å². The number of benzene rings is 2. The number of ether oxygens (including phenoxy) is 1. The van der Waals surface area contributed by atoms with Gasteiger partial charge in [-0.05, 0) is 30.3 Å². The van der Waals surface area contributed by atoms with Gasteiger partial charge in [0.1, 0.15) is 11.3 Å². The number of carbonyl (C=O) groups excluding carboxylic acids is 2. The van der Waals surface area contributed by atoms with Crippen molar-refractivity contribution in [3.05, 3.63) is 53.6 Å². The monoisotopic (exact) mass is 288 g/mol. The average Bonchev–Trinajstić information content (AvgIpc) is 2.47. The van der Waals surface area contributed by atoms with E-state index in [1.165, 1.54) is 18.2 Å². The van der Waals surface area contributed by atoms with Gasteiger partial charge in [0.15, 0.2) is 23.9 Å². The van der Waals surface area contributed by atoms with Gasteiger partial charge in [-0.2, -0.15) is 0 Å². The fraction of sp³-hybridized carbons (Fsp3) is 0.0667. The van der Waals surface area contributed by atoms with Crippen LogP contribution < -0.4 is 0 Å². The summed E-state index contributed by atoms with van der Waals surface area (Å²) in [5.41, 5.74) is 0.0502. The first kappa shape index (κ1) is 14.4. The fourth-order valence-electron chi connectivity index (χ4n) is 1.64. The number of para-hydroxylation sites is 1. The largest absolute Gasteiger partial charge is 0.507 e. The Bertz CT molecular complexity index is 692. The molecule has 0 aromatic heterocycles. The van der Waals surface area contributed by atoms with Crippen LogP contribution in [0, 0.1) is 0 Å². The molecular formula is C15H12O6. The maximum Gasteiger partial charge on any atom is 0.342 e. The summed E-state index contributed by atoms with van der Waals surface area (Å²) in [5.74, 6) is -2.40. The molecule has 0 aliphatic rings. The standard InChI is InChI=1S/C15H12O6/c16-11-4-2-1-3-10(11)15(20)21-8-14(19)9-5-6-12(17)13(18)7-9/h1-7,16-18H,8H2. The van der Waals surface area contributed by atoms with Crippen molar-refractivity contribution in [2.45, 2.75) is 0 Å². The quantitative estimate of drug-likeness (QED) is 0.450. The predicted molar refractivity (Wildman–Crippen MR) is 72.5 cm³/mol. The summed E-state index contributed by atoms with van der Waals surface area (Å²) in [6.07, 6.45) is 0. The number of carbonyl (C=O) groups is 2. The van der Waals surface area contributed by atoms with Crippen molar-refractivity contribution in [2.75, 3.05) is 6.61 Å². The van der Waals surface area contributed by atoms with Crippen molar-refractivity contribution in [2.24, 2.45) is 0 Å². The molecule has 0 amide bonds. The summed E-state index contributed by atoms with van der Waals surface area (Å²) in [7, 11) is 0. The van der Waals surface area contributed by atoms with Crippen molar-refractivity contribution < 1.29 is 29.6 Å². The molecule has 108 valence electrons. The molecule has 0 aliphatic carbocycles. The van der Waals surface area contributed by atoms with Crippen molar-refractivity contribution in [1.82, 2.24) is 0 Å². The highest BCUT2D eigenvalue weighted by molar-refractivity contribution is 6.00. The lowest BCUT2D eigenvalue weighted by Gasteiger charge is -2.06. The molecule has 0 heterocycles. The van der Waals surface area contributed by atoms with E-state index in [1.54, 1.807) is 12.1 Å². The SMILES string of the molecule is O=C(COC(=O)c1ccccc1O)c1ccc(O)c(O)c1. The third kappa shape index (κ3) is 3.30. The molecule has 2 rings (SSSR count). The van der Waals surface area contributed by atoms with Gasteiger partial charge in [-0.1, -0.05) is 12.1 Å². The number of aromatic hydroxyl groups is 3. The minimum Gasteiger partial charge on any atom is -0.507 e. The van der Waals surface area contributed by atoms with E-state index < -0.39 is 24.1 Å². The van der Waals surface area contributed by atoms with Crippen LogP contribution in [0.25, 0.3) is 0 Å². The van der Waals surface area contributed by atoms with E-state index in [2.05, 4.69) is 0 Å². The first-order valence-electron chi connectivity index (χ1n) is 5.99. The van der Waals surface area contributed by atoms with Crippen LogP contribution in [-0.4, -0.2) is 33.7 Å². The Morgan fingerprint density at radius 3 is 2.29 bits per heavy atom. The summed E-state index contributed by atoms with van der Waals surface area (Å²) in [5, 5.41) is 27.9. The Balaban J connectivity index is 2.02. The minimum atomic E-state index is -0.829. The molecule has 0 bridgehead atoms.